The normalized spacial score (nSPS) is 15.8. The predicted molar refractivity (Wildman–Crippen MR) is 105 cm³/mol. The maximum Gasteiger partial charge on any atom is 0.183 e. The van der Waals surface area contributed by atoms with Gasteiger partial charge in [-0.3, -0.25) is 0 Å². The number of halogens is 1. The van der Waals surface area contributed by atoms with E-state index in [0.717, 1.165) is 23.7 Å². The van der Waals surface area contributed by atoms with Crippen LogP contribution in [0.5, 0.6) is 0 Å². The summed E-state index contributed by atoms with van der Waals surface area (Å²) in [6.07, 6.45) is 7.82. The minimum absolute atomic E-state index is 0.321. The Morgan fingerprint density at radius 1 is 1.24 bits per heavy atom. The number of benzene rings is 1. The van der Waals surface area contributed by atoms with E-state index in [1.165, 1.54) is 43.3 Å². The van der Waals surface area contributed by atoms with Gasteiger partial charge in [-0.25, -0.2) is 13.4 Å². The van der Waals surface area contributed by atoms with E-state index in [-0.39, 0.29) is 0 Å². The number of nitrogens with zero attached hydrogens (tertiary/aromatic N) is 2. The lowest BCUT2D eigenvalue weighted by Gasteiger charge is -2.24. The van der Waals surface area contributed by atoms with Crippen LogP contribution in [0.4, 0.5) is 11.4 Å². The lowest BCUT2D eigenvalue weighted by Crippen LogP contribution is -2.24. The lowest BCUT2D eigenvalue weighted by atomic mass is 10.2. The highest BCUT2D eigenvalue weighted by atomic mass is 35.5. The van der Waals surface area contributed by atoms with Crippen molar-refractivity contribution in [3.05, 3.63) is 33.7 Å². The molecule has 0 radical (unpaired) electrons. The first kappa shape index (κ1) is 18.5. The van der Waals surface area contributed by atoms with Crippen molar-refractivity contribution in [2.75, 3.05) is 29.6 Å². The van der Waals surface area contributed by atoms with Gasteiger partial charge in [-0.05, 0) is 31.0 Å². The summed E-state index contributed by atoms with van der Waals surface area (Å²) < 4.78 is 24.7. The number of nitrogens with one attached hydrogen (secondary N) is 1. The average Bonchev–Trinajstić information content (AvgIpc) is 2.82. The van der Waals surface area contributed by atoms with Crippen LogP contribution in [0.25, 0.3) is 0 Å². The van der Waals surface area contributed by atoms with Crippen molar-refractivity contribution < 1.29 is 8.42 Å². The maximum atomic E-state index is 12.1. The van der Waals surface area contributed by atoms with Crippen LogP contribution in [0.2, 0.25) is 4.47 Å². The van der Waals surface area contributed by atoms with Crippen LogP contribution in [-0.2, 0) is 16.4 Å². The van der Waals surface area contributed by atoms with Gasteiger partial charge in [0.05, 0.1) is 17.1 Å². The Morgan fingerprint density at radius 3 is 2.56 bits per heavy atom. The molecule has 5 nitrogen and oxygen atoms in total. The number of hydrogen-bond donors (Lipinski definition) is 1. The molecule has 1 N–H and O–H groups in total. The molecule has 1 aliphatic rings. The van der Waals surface area contributed by atoms with Gasteiger partial charge >= 0.3 is 0 Å². The molecule has 0 saturated carbocycles. The second-order valence-corrected chi connectivity index (χ2v) is 9.97. The third-order valence-corrected chi connectivity index (χ3v) is 6.58. The van der Waals surface area contributed by atoms with E-state index in [4.69, 9.17) is 11.6 Å². The van der Waals surface area contributed by atoms with Crippen molar-refractivity contribution in [1.29, 1.82) is 0 Å². The van der Waals surface area contributed by atoms with Gasteiger partial charge in [0.15, 0.2) is 14.3 Å². The molecule has 0 amide bonds. The minimum Gasteiger partial charge on any atom is -0.379 e. The zero-order valence-electron chi connectivity index (χ0n) is 14.2. The highest BCUT2D eigenvalue weighted by Crippen LogP contribution is 2.30. The van der Waals surface area contributed by atoms with Gasteiger partial charge in [0.25, 0.3) is 0 Å². The van der Waals surface area contributed by atoms with Gasteiger partial charge in [-0.15, -0.1) is 11.3 Å². The molecule has 136 valence electrons. The molecule has 0 spiro atoms. The topological polar surface area (TPSA) is 62.3 Å². The monoisotopic (exact) mass is 399 g/mol. The molecule has 3 rings (SSSR count). The van der Waals surface area contributed by atoms with Crippen LogP contribution >= 0.6 is 22.9 Å². The van der Waals surface area contributed by atoms with Crippen molar-refractivity contribution in [1.82, 2.24) is 4.98 Å². The van der Waals surface area contributed by atoms with Gasteiger partial charge in [-0.1, -0.05) is 24.4 Å². The molecular weight excluding hydrogens is 378 g/mol. The smallest absolute Gasteiger partial charge is 0.183 e. The fraction of sp³-hybridized carbons (Fsp3) is 0.471. The highest BCUT2D eigenvalue weighted by Gasteiger charge is 2.17. The standard InChI is InChI=1S/C17H22ClN3O2S2/c1-25(22,23)16-7-6-13(21-8-4-2-3-5-9-21)10-15(16)19-11-14-12-20-17(18)24-14/h6-7,10,12,19H,2-5,8-9,11H2,1H3. The number of sulfone groups is 1. The molecule has 1 aromatic carbocycles. The zero-order chi connectivity index (χ0) is 17.9. The molecule has 2 aromatic rings. The second-order valence-electron chi connectivity index (χ2n) is 6.29. The summed E-state index contributed by atoms with van der Waals surface area (Å²) in [6, 6.07) is 5.57. The Bertz CT molecular complexity index is 828. The van der Waals surface area contributed by atoms with Gasteiger partial charge in [-0.2, -0.15) is 0 Å². The van der Waals surface area contributed by atoms with Crippen molar-refractivity contribution in [2.45, 2.75) is 37.1 Å². The van der Waals surface area contributed by atoms with Crippen molar-refractivity contribution in [3.63, 3.8) is 0 Å². The number of thiazole rings is 1. The number of hydrogen-bond acceptors (Lipinski definition) is 6. The maximum absolute atomic E-state index is 12.1. The predicted octanol–water partition coefficient (Wildman–Crippen LogP) is 4.19. The summed E-state index contributed by atoms with van der Waals surface area (Å²) in [5.41, 5.74) is 1.70. The number of anilines is 2. The Hall–Kier alpha value is -1.31. The Kier molecular flexibility index (Phi) is 5.86. The molecule has 1 fully saturated rings. The molecule has 1 aromatic heterocycles. The van der Waals surface area contributed by atoms with E-state index in [1.807, 2.05) is 12.1 Å². The first-order valence-corrected chi connectivity index (χ1v) is 11.5. The molecule has 1 saturated heterocycles. The molecule has 0 unspecified atom stereocenters. The highest BCUT2D eigenvalue weighted by molar-refractivity contribution is 7.90. The zero-order valence-corrected chi connectivity index (χ0v) is 16.6. The molecular formula is C17H22ClN3O2S2. The van der Waals surface area contributed by atoms with Crippen molar-refractivity contribution >= 4 is 44.1 Å². The minimum atomic E-state index is -3.31. The van der Waals surface area contributed by atoms with Gasteiger partial charge in [0.2, 0.25) is 0 Å². The molecule has 0 atom stereocenters. The van der Waals surface area contributed by atoms with Gasteiger partial charge < -0.3 is 10.2 Å². The van der Waals surface area contributed by atoms with E-state index in [2.05, 4.69) is 15.2 Å². The van der Waals surface area contributed by atoms with E-state index < -0.39 is 9.84 Å². The van der Waals surface area contributed by atoms with E-state index >= 15 is 0 Å². The van der Waals surface area contributed by atoms with Crippen molar-refractivity contribution in [2.24, 2.45) is 0 Å². The third kappa shape index (κ3) is 4.86. The van der Waals surface area contributed by atoms with Crippen LogP contribution in [0.3, 0.4) is 0 Å². The van der Waals surface area contributed by atoms with Crippen LogP contribution in [0.1, 0.15) is 30.6 Å². The quantitative estimate of drug-likeness (QED) is 0.816. The lowest BCUT2D eigenvalue weighted by molar-refractivity contribution is 0.602. The first-order chi connectivity index (χ1) is 11.9. The summed E-state index contributed by atoms with van der Waals surface area (Å²) in [4.78, 5) is 7.64. The average molecular weight is 400 g/mol. The summed E-state index contributed by atoms with van der Waals surface area (Å²) >= 11 is 7.25. The van der Waals surface area contributed by atoms with Crippen LogP contribution < -0.4 is 10.2 Å². The Balaban J connectivity index is 1.87. The van der Waals surface area contributed by atoms with Crippen LogP contribution in [-0.4, -0.2) is 32.7 Å². The van der Waals surface area contributed by atoms with E-state index in [1.54, 1.807) is 12.3 Å². The molecule has 0 bridgehead atoms. The van der Waals surface area contributed by atoms with Crippen molar-refractivity contribution in [3.8, 4) is 0 Å². The van der Waals surface area contributed by atoms with E-state index in [0.29, 0.717) is 21.6 Å². The molecule has 25 heavy (non-hydrogen) atoms. The first-order valence-electron chi connectivity index (χ1n) is 8.36. The summed E-state index contributed by atoms with van der Waals surface area (Å²) in [7, 11) is -3.31. The molecule has 1 aliphatic heterocycles. The third-order valence-electron chi connectivity index (χ3n) is 4.31. The second kappa shape index (κ2) is 7.93. The van der Waals surface area contributed by atoms with Crippen LogP contribution in [0.15, 0.2) is 29.3 Å². The fourth-order valence-corrected chi connectivity index (χ4v) is 4.82. The summed E-state index contributed by atoms with van der Waals surface area (Å²) in [5, 5.41) is 3.25. The Labute approximate surface area is 158 Å². The Morgan fingerprint density at radius 2 is 1.96 bits per heavy atom. The van der Waals surface area contributed by atoms with Gasteiger partial charge in [0, 0.05) is 36.1 Å². The number of aromatic nitrogens is 1. The molecule has 2 heterocycles. The summed E-state index contributed by atoms with van der Waals surface area (Å²) in [6.45, 7) is 2.53. The van der Waals surface area contributed by atoms with E-state index in [9.17, 15) is 8.42 Å². The largest absolute Gasteiger partial charge is 0.379 e. The molecule has 0 aliphatic carbocycles. The fourth-order valence-electron chi connectivity index (χ4n) is 3.05. The van der Waals surface area contributed by atoms with Crippen LogP contribution in [0, 0.1) is 0 Å². The number of rotatable bonds is 5. The molecule has 8 heteroatoms. The summed E-state index contributed by atoms with van der Waals surface area (Å²) in [5.74, 6) is 0. The van der Waals surface area contributed by atoms with Gasteiger partial charge in [0.1, 0.15) is 0 Å². The SMILES string of the molecule is CS(=O)(=O)c1ccc(N2CCCCCC2)cc1NCc1cnc(Cl)s1.